The highest BCUT2D eigenvalue weighted by atomic mass is 16.5. The van der Waals surface area contributed by atoms with Crippen molar-refractivity contribution >= 4 is 11.6 Å². The molecule has 0 aliphatic carbocycles. The number of ether oxygens (including phenoxy) is 2. The van der Waals surface area contributed by atoms with E-state index in [1.54, 1.807) is 12.1 Å². The van der Waals surface area contributed by atoms with Gasteiger partial charge in [-0.25, -0.2) is 4.68 Å². The van der Waals surface area contributed by atoms with Crippen LogP contribution >= 0.6 is 0 Å². The molecule has 4 rings (SSSR count). The standard InChI is InChI=1S/C21H24N6O3/c1-26-12-10-20(11-13-26)30-19-6-2-16(3-7-19)23-21(28)14-29-18-8-4-17(5-9-18)27-15-22-24-25-27/h2-9,15,20H,10-14H2,1H3,(H,23,28). The third kappa shape index (κ3) is 5.32. The van der Waals surface area contributed by atoms with Crippen molar-refractivity contribution < 1.29 is 14.3 Å². The summed E-state index contributed by atoms with van der Waals surface area (Å²) in [6.07, 6.45) is 3.82. The van der Waals surface area contributed by atoms with E-state index >= 15 is 0 Å². The average Bonchev–Trinajstić information content (AvgIpc) is 3.31. The van der Waals surface area contributed by atoms with Gasteiger partial charge < -0.3 is 19.7 Å². The summed E-state index contributed by atoms with van der Waals surface area (Å²) in [5.74, 6) is 1.17. The molecule has 0 radical (unpaired) electrons. The van der Waals surface area contributed by atoms with Gasteiger partial charge in [-0.15, -0.1) is 5.10 Å². The lowest BCUT2D eigenvalue weighted by atomic mass is 10.1. The smallest absolute Gasteiger partial charge is 0.262 e. The zero-order valence-electron chi connectivity index (χ0n) is 16.8. The lowest BCUT2D eigenvalue weighted by Gasteiger charge is -2.29. The van der Waals surface area contributed by atoms with Crippen LogP contribution in [0.1, 0.15) is 12.8 Å². The Kier molecular flexibility index (Phi) is 6.19. The third-order valence-corrected chi connectivity index (χ3v) is 4.93. The van der Waals surface area contributed by atoms with Crippen LogP contribution in [0.4, 0.5) is 5.69 Å². The maximum Gasteiger partial charge on any atom is 0.262 e. The number of tetrazole rings is 1. The third-order valence-electron chi connectivity index (χ3n) is 4.93. The first-order valence-corrected chi connectivity index (χ1v) is 9.87. The molecule has 1 aliphatic rings. The average molecular weight is 408 g/mol. The summed E-state index contributed by atoms with van der Waals surface area (Å²) in [6.45, 7) is 2.02. The molecule has 0 atom stereocenters. The van der Waals surface area contributed by atoms with Gasteiger partial charge in [0.2, 0.25) is 0 Å². The number of amides is 1. The second-order valence-electron chi connectivity index (χ2n) is 7.23. The van der Waals surface area contributed by atoms with E-state index in [-0.39, 0.29) is 18.6 Å². The molecule has 1 aliphatic heterocycles. The normalized spacial score (nSPS) is 15.0. The second-order valence-corrected chi connectivity index (χ2v) is 7.23. The molecule has 156 valence electrons. The summed E-state index contributed by atoms with van der Waals surface area (Å²) in [4.78, 5) is 14.5. The summed E-state index contributed by atoms with van der Waals surface area (Å²) >= 11 is 0. The predicted octanol–water partition coefficient (Wildman–Crippen LogP) is 2.15. The summed E-state index contributed by atoms with van der Waals surface area (Å²) in [5, 5.41) is 13.8. The van der Waals surface area contributed by atoms with E-state index in [0.717, 1.165) is 37.4 Å². The molecule has 0 unspecified atom stereocenters. The van der Waals surface area contributed by atoms with Gasteiger partial charge in [-0.2, -0.15) is 0 Å². The van der Waals surface area contributed by atoms with Crippen LogP contribution in [0.5, 0.6) is 11.5 Å². The fourth-order valence-corrected chi connectivity index (χ4v) is 3.23. The Balaban J connectivity index is 1.23. The van der Waals surface area contributed by atoms with Crippen molar-refractivity contribution in [2.24, 2.45) is 0 Å². The molecule has 0 spiro atoms. The van der Waals surface area contributed by atoms with Crippen LogP contribution in [0.3, 0.4) is 0 Å². The Hall–Kier alpha value is -3.46. The number of carbonyl (C=O) groups excluding carboxylic acids is 1. The maximum atomic E-state index is 12.2. The highest BCUT2D eigenvalue weighted by molar-refractivity contribution is 5.91. The van der Waals surface area contributed by atoms with Crippen LogP contribution < -0.4 is 14.8 Å². The van der Waals surface area contributed by atoms with Gasteiger partial charge in [0, 0.05) is 18.8 Å². The molecule has 1 fully saturated rings. The van der Waals surface area contributed by atoms with Crippen LogP contribution in [-0.2, 0) is 4.79 Å². The summed E-state index contributed by atoms with van der Waals surface area (Å²) in [7, 11) is 2.13. The van der Waals surface area contributed by atoms with Gasteiger partial charge in [0.1, 0.15) is 23.9 Å². The number of hydrogen-bond acceptors (Lipinski definition) is 7. The van der Waals surface area contributed by atoms with E-state index in [0.29, 0.717) is 11.4 Å². The van der Waals surface area contributed by atoms with E-state index in [4.69, 9.17) is 9.47 Å². The Morgan fingerprint density at radius 3 is 2.43 bits per heavy atom. The number of benzene rings is 2. The molecule has 2 aromatic carbocycles. The van der Waals surface area contributed by atoms with Gasteiger partial charge in [0.25, 0.3) is 5.91 Å². The van der Waals surface area contributed by atoms with Crippen molar-refractivity contribution in [2.45, 2.75) is 18.9 Å². The van der Waals surface area contributed by atoms with E-state index in [2.05, 4.69) is 32.8 Å². The molecule has 3 aromatic rings. The molecule has 1 amide bonds. The first-order valence-electron chi connectivity index (χ1n) is 9.87. The molecule has 0 saturated carbocycles. The molecule has 1 N–H and O–H groups in total. The number of likely N-dealkylation sites (tertiary alicyclic amines) is 1. The maximum absolute atomic E-state index is 12.2. The van der Waals surface area contributed by atoms with E-state index in [1.165, 1.54) is 11.0 Å². The van der Waals surface area contributed by atoms with E-state index in [1.807, 2.05) is 36.4 Å². The Labute approximate surface area is 174 Å². The van der Waals surface area contributed by atoms with Crippen molar-refractivity contribution in [3.63, 3.8) is 0 Å². The molecular weight excluding hydrogens is 384 g/mol. The topological polar surface area (TPSA) is 94.4 Å². The molecule has 9 heteroatoms. The van der Waals surface area contributed by atoms with Gasteiger partial charge in [-0.3, -0.25) is 4.79 Å². The summed E-state index contributed by atoms with van der Waals surface area (Å²) in [6, 6.07) is 14.6. The van der Waals surface area contributed by atoms with Crippen molar-refractivity contribution in [3.8, 4) is 17.2 Å². The second kappa shape index (κ2) is 9.36. The molecule has 9 nitrogen and oxygen atoms in total. The Bertz CT molecular complexity index is 936. The molecule has 2 heterocycles. The van der Waals surface area contributed by atoms with Crippen LogP contribution in [0.15, 0.2) is 54.9 Å². The minimum absolute atomic E-state index is 0.0852. The molecule has 1 aromatic heterocycles. The van der Waals surface area contributed by atoms with Crippen LogP contribution in [0, 0.1) is 0 Å². The van der Waals surface area contributed by atoms with Crippen LogP contribution in [0.2, 0.25) is 0 Å². The number of anilines is 1. The lowest BCUT2D eigenvalue weighted by Crippen LogP contribution is -2.35. The summed E-state index contributed by atoms with van der Waals surface area (Å²) < 4.78 is 13.1. The Morgan fingerprint density at radius 2 is 1.77 bits per heavy atom. The van der Waals surface area contributed by atoms with Gasteiger partial charge >= 0.3 is 0 Å². The van der Waals surface area contributed by atoms with Crippen molar-refractivity contribution in [3.05, 3.63) is 54.9 Å². The number of rotatable bonds is 7. The quantitative estimate of drug-likeness (QED) is 0.640. The summed E-state index contributed by atoms with van der Waals surface area (Å²) in [5.41, 5.74) is 1.51. The Morgan fingerprint density at radius 1 is 1.07 bits per heavy atom. The minimum atomic E-state index is -0.233. The molecule has 30 heavy (non-hydrogen) atoms. The minimum Gasteiger partial charge on any atom is -0.490 e. The molecular formula is C21H24N6O3. The van der Waals surface area contributed by atoms with Crippen molar-refractivity contribution in [2.75, 3.05) is 32.1 Å². The zero-order valence-corrected chi connectivity index (χ0v) is 16.8. The molecule has 0 bridgehead atoms. The number of nitrogens with one attached hydrogen (secondary N) is 1. The number of aromatic nitrogens is 4. The SMILES string of the molecule is CN1CCC(Oc2ccc(NC(=O)COc3ccc(-n4cnnn4)cc3)cc2)CC1. The first-order chi connectivity index (χ1) is 14.7. The fourth-order valence-electron chi connectivity index (χ4n) is 3.23. The van der Waals surface area contributed by atoms with Crippen molar-refractivity contribution in [1.82, 2.24) is 25.1 Å². The highest BCUT2D eigenvalue weighted by Gasteiger charge is 2.17. The van der Waals surface area contributed by atoms with E-state index < -0.39 is 0 Å². The van der Waals surface area contributed by atoms with Gasteiger partial charge in [-0.1, -0.05) is 0 Å². The van der Waals surface area contributed by atoms with Crippen LogP contribution in [-0.4, -0.2) is 63.9 Å². The fraction of sp³-hybridized carbons (Fsp3) is 0.333. The highest BCUT2D eigenvalue weighted by Crippen LogP contribution is 2.21. The lowest BCUT2D eigenvalue weighted by molar-refractivity contribution is -0.118. The van der Waals surface area contributed by atoms with Crippen molar-refractivity contribution in [1.29, 1.82) is 0 Å². The monoisotopic (exact) mass is 408 g/mol. The van der Waals surface area contributed by atoms with Gasteiger partial charge in [0.05, 0.1) is 5.69 Å². The molecule has 1 saturated heterocycles. The predicted molar refractivity (Wildman–Crippen MR) is 111 cm³/mol. The zero-order chi connectivity index (χ0) is 20.8. The largest absolute Gasteiger partial charge is 0.490 e. The number of hydrogen-bond donors (Lipinski definition) is 1. The number of piperidine rings is 1. The number of carbonyl (C=O) groups is 1. The van der Waals surface area contributed by atoms with Gasteiger partial charge in [-0.05, 0) is 78.8 Å². The first kappa shape index (κ1) is 19.8. The number of nitrogens with zero attached hydrogens (tertiary/aromatic N) is 5. The van der Waals surface area contributed by atoms with E-state index in [9.17, 15) is 4.79 Å². The van der Waals surface area contributed by atoms with Gasteiger partial charge in [0.15, 0.2) is 6.61 Å². The van der Waals surface area contributed by atoms with Crippen LogP contribution in [0.25, 0.3) is 5.69 Å².